The van der Waals surface area contributed by atoms with Crippen LogP contribution in [0.2, 0.25) is 5.02 Å². The molecule has 0 atom stereocenters. The molecule has 2 heteroatoms. The van der Waals surface area contributed by atoms with E-state index in [-0.39, 0.29) is 0 Å². The minimum Gasteiger partial charge on any atom is -0.330 e. The summed E-state index contributed by atoms with van der Waals surface area (Å²) in [6.07, 6.45) is 5.08. The van der Waals surface area contributed by atoms with Crippen molar-refractivity contribution < 1.29 is 0 Å². The Morgan fingerprint density at radius 3 is 2.39 bits per heavy atom. The van der Waals surface area contributed by atoms with E-state index in [4.69, 9.17) is 17.3 Å². The van der Waals surface area contributed by atoms with Crippen molar-refractivity contribution in [3.8, 4) is 11.1 Å². The largest absolute Gasteiger partial charge is 0.330 e. The van der Waals surface area contributed by atoms with Crippen molar-refractivity contribution >= 4 is 17.7 Å². The standard InChI is InChI=1S/C16H16ClN/c17-16-7-2-1-6-15(16)14-10-8-13(9-11-14)5-3-4-12-18/h1-3,5-11H,4,12,18H2/b5-3+. The summed E-state index contributed by atoms with van der Waals surface area (Å²) in [6, 6.07) is 16.2. The van der Waals surface area contributed by atoms with E-state index in [1.807, 2.05) is 24.3 Å². The van der Waals surface area contributed by atoms with Crippen molar-refractivity contribution in [1.82, 2.24) is 0 Å². The highest BCUT2D eigenvalue weighted by Gasteiger charge is 2.01. The molecule has 0 aliphatic heterocycles. The van der Waals surface area contributed by atoms with E-state index in [2.05, 4.69) is 36.4 Å². The van der Waals surface area contributed by atoms with Crippen LogP contribution in [0, 0.1) is 0 Å². The fraction of sp³-hybridized carbons (Fsp3) is 0.125. The number of halogens is 1. The molecule has 0 bridgehead atoms. The molecule has 0 unspecified atom stereocenters. The van der Waals surface area contributed by atoms with Crippen molar-refractivity contribution in [2.75, 3.05) is 6.54 Å². The number of hydrogen-bond acceptors (Lipinski definition) is 1. The van der Waals surface area contributed by atoms with Gasteiger partial charge >= 0.3 is 0 Å². The van der Waals surface area contributed by atoms with E-state index in [0.29, 0.717) is 6.54 Å². The maximum absolute atomic E-state index is 6.17. The van der Waals surface area contributed by atoms with Gasteiger partial charge in [-0.3, -0.25) is 0 Å². The Hall–Kier alpha value is -1.57. The fourth-order valence-electron chi connectivity index (χ4n) is 1.78. The van der Waals surface area contributed by atoms with Gasteiger partial charge < -0.3 is 5.73 Å². The Labute approximate surface area is 113 Å². The van der Waals surface area contributed by atoms with Gasteiger partial charge in [0.25, 0.3) is 0 Å². The molecule has 0 spiro atoms. The van der Waals surface area contributed by atoms with E-state index in [9.17, 15) is 0 Å². The normalized spacial score (nSPS) is 11.0. The third-order valence-electron chi connectivity index (χ3n) is 2.74. The first-order valence-electron chi connectivity index (χ1n) is 6.03. The maximum atomic E-state index is 6.17. The first kappa shape index (κ1) is 12.9. The van der Waals surface area contributed by atoms with Gasteiger partial charge in [0.2, 0.25) is 0 Å². The van der Waals surface area contributed by atoms with Gasteiger partial charge in [0.1, 0.15) is 0 Å². The van der Waals surface area contributed by atoms with Crippen LogP contribution in [0.5, 0.6) is 0 Å². The predicted octanol–water partition coefficient (Wildman–Crippen LogP) is 4.37. The second kappa shape index (κ2) is 6.39. The number of rotatable bonds is 4. The third kappa shape index (κ3) is 3.22. The number of nitrogens with two attached hydrogens (primary N) is 1. The van der Waals surface area contributed by atoms with E-state index in [1.54, 1.807) is 0 Å². The zero-order chi connectivity index (χ0) is 12.8. The molecular weight excluding hydrogens is 242 g/mol. The van der Waals surface area contributed by atoms with E-state index in [0.717, 1.165) is 22.6 Å². The first-order chi connectivity index (χ1) is 8.81. The second-order valence-corrected chi connectivity index (χ2v) is 4.49. The number of benzene rings is 2. The lowest BCUT2D eigenvalue weighted by Crippen LogP contribution is -1.94. The summed E-state index contributed by atoms with van der Waals surface area (Å²) in [6.45, 7) is 0.689. The SMILES string of the molecule is NCC/C=C/c1ccc(-c2ccccc2Cl)cc1. The monoisotopic (exact) mass is 257 g/mol. The molecule has 18 heavy (non-hydrogen) atoms. The summed E-state index contributed by atoms with van der Waals surface area (Å²) in [5.41, 5.74) is 8.83. The molecule has 0 aromatic heterocycles. The highest BCUT2D eigenvalue weighted by molar-refractivity contribution is 6.33. The Morgan fingerprint density at radius 2 is 1.72 bits per heavy atom. The molecule has 0 fully saturated rings. The van der Waals surface area contributed by atoms with Crippen molar-refractivity contribution in [3.05, 3.63) is 65.2 Å². The zero-order valence-corrected chi connectivity index (χ0v) is 10.9. The van der Waals surface area contributed by atoms with Crippen LogP contribution in [0.1, 0.15) is 12.0 Å². The lowest BCUT2D eigenvalue weighted by atomic mass is 10.0. The molecule has 2 rings (SSSR count). The molecule has 2 aromatic carbocycles. The van der Waals surface area contributed by atoms with Crippen LogP contribution in [0.25, 0.3) is 17.2 Å². The van der Waals surface area contributed by atoms with Crippen LogP contribution in [0.15, 0.2) is 54.6 Å². The van der Waals surface area contributed by atoms with Gasteiger partial charge in [-0.25, -0.2) is 0 Å². The average Bonchev–Trinajstić information content (AvgIpc) is 2.41. The highest BCUT2D eigenvalue weighted by atomic mass is 35.5. The van der Waals surface area contributed by atoms with Gasteiger partial charge in [0.15, 0.2) is 0 Å². The molecule has 92 valence electrons. The van der Waals surface area contributed by atoms with Gasteiger partial charge in [0.05, 0.1) is 0 Å². The van der Waals surface area contributed by atoms with Crippen molar-refractivity contribution in [2.45, 2.75) is 6.42 Å². The molecule has 0 radical (unpaired) electrons. The first-order valence-corrected chi connectivity index (χ1v) is 6.40. The summed E-state index contributed by atoms with van der Waals surface area (Å²) in [4.78, 5) is 0. The van der Waals surface area contributed by atoms with Crippen molar-refractivity contribution in [1.29, 1.82) is 0 Å². The maximum Gasteiger partial charge on any atom is 0.0484 e. The van der Waals surface area contributed by atoms with Crippen LogP contribution in [-0.2, 0) is 0 Å². The molecule has 0 heterocycles. The van der Waals surface area contributed by atoms with Crippen LogP contribution in [0.3, 0.4) is 0 Å². The lowest BCUT2D eigenvalue weighted by Gasteiger charge is -2.04. The average molecular weight is 258 g/mol. The van der Waals surface area contributed by atoms with Crippen LogP contribution < -0.4 is 5.73 Å². The Kier molecular flexibility index (Phi) is 4.57. The fourth-order valence-corrected chi connectivity index (χ4v) is 2.03. The Morgan fingerprint density at radius 1 is 1.00 bits per heavy atom. The summed E-state index contributed by atoms with van der Waals surface area (Å²) in [5, 5.41) is 0.781. The molecule has 0 aliphatic carbocycles. The Bertz CT molecular complexity index is 529. The van der Waals surface area contributed by atoms with E-state index < -0.39 is 0 Å². The molecule has 2 N–H and O–H groups in total. The smallest absolute Gasteiger partial charge is 0.0484 e. The van der Waals surface area contributed by atoms with Crippen LogP contribution >= 0.6 is 11.6 Å². The van der Waals surface area contributed by atoms with Gasteiger partial charge in [0, 0.05) is 10.6 Å². The molecular formula is C16H16ClN. The molecule has 0 amide bonds. The zero-order valence-electron chi connectivity index (χ0n) is 10.1. The molecule has 1 nitrogen and oxygen atoms in total. The van der Waals surface area contributed by atoms with E-state index >= 15 is 0 Å². The topological polar surface area (TPSA) is 26.0 Å². The third-order valence-corrected chi connectivity index (χ3v) is 3.07. The quantitative estimate of drug-likeness (QED) is 0.865. The summed E-state index contributed by atoms with van der Waals surface area (Å²) >= 11 is 6.17. The minimum atomic E-state index is 0.689. The summed E-state index contributed by atoms with van der Waals surface area (Å²) in [7, 11) is 0. The Balaban J connectivity index is 2.20. The van der Waals surface area contributed by atoms with Crippen molar-refractivity contribution in [2.24, 2.45) is 5.73 Å². The molecule has 0 aliphatic rings. The van der Waals surface area contributed by atoms with Gasteiger partial charge in [-0.2, -0.15) is 0 Å². The lowest BCUT2D eigenvalue weighted by molar-refractivity contribution is 1.01. The summed E-state index contributed by atoms with van der Waals surface area (Å²) in [5.74, 6) is 0. The second-order valence-electron chi connectivity index (χ2n) is 4.08. The molecule has 2 aromatic rings. The molecule has 0 saturated heterocycles. The van der Waals surface area contributed by atoms with Crippen LogP contribution in [0.4, 0.5) is 0 Å². The van der Waals surface area contributed by atoms with Gasteiger partial charge in [-0.15, -0.1) is 0 Å². The minimum absolute atomic E-state index is 0.689. The van der Waals surface area contributed by atoms with Crippen LogP contribution in [-0.4, -0.2) is 6.54 Å². The molecule has 0 saturated carbocycles. The highest BCUT2D eigenvalue weighted by Crippen LogP contribution is 2.27. The van der Waals surface area contributed by atoms with Gasteiger partial charge in [-0.1, -0.05) is 66.2 Å². The number of hydrogen-bond donors (Lipinski definition) is 1. The predicted molar refractivity (Wildman–Crippen MR) is 79.6 cm³/mol. The van der Waals surface area contributed by atoms with Gasteiger partial charge in [-0.05, 0) is 30.2 Å². The summed E-state index contributed by atoms with van der Waals surface area (Å²) < 4.78 is 0. The van der Waals surface area contributed by atoms with E-state index in [1.165, 1.54) is 5.56 Å². The van der Waals surface area contributed by atoms with Crippen molar-refractivity contribution in [3.63, 3.8) is 0 Å².